The molecule has 2 aromatic rings. The second kappa shape index (κ2) is 5.05. The highest BCUT2D eigenvalue weighted by Crippen LogP contribution is 2.27. The Morgan fingerprint density at radius 3 is 2.62 bits per heavy atom. The van der Waals surface area contributed by atoms with Crippen molar-refractivity contribution in [2.45, 2.75) is 13.3 Å². The molecule has 0 bridgehead atoms. The molecule has 1 aliphatic rings. The van der Waals surface area contributed by atoms with Crippen LogP contribution in [-0.2, 0) is 6.42 Å². The van der Waals surface area contributed by atoms with Crippen LogP contribution in [0.25, 0.3) is 0 Å². The van der Waals surface area contributed by atoms with Gasteiger partial charge < -0.3 is 15.4 Å². The number of benzene rings is 1. The number of hydrogen-bond acceptors (Lipinski definition) is 5. The van der Waals surface area contributed by atoms with Gasteiger partial charge in [0, 0.05) is 18.7 Å². The Hall–Kier alpha value is -2.63. The molecular weight excluding hydrogens is 268 g/mol. The average molecular weight is 284 g/mol. The van der Waals surface area contributed by atoms with E-state index in [1.807, 2.05) is 31.2 Å². The van der Waals surface area contributed by atoms with Gasteiger partial charge in [-0.3, -0.25) is 4.79 Å². The summed E-state index contributed by atoms with van der Waals surface area (Å²) in [6, 6.07) is 8.01. The second-order valence-electron chi connectivity index (χ2n) is 4.96. The van der Waals surface area contributed by atoms with Crippen LogP contribution in [0.1, 0.15) is 21.6 Å². The molecule has 6 nitrogen and oxygen atoms in total. The standard InChI is InChI=1S/C15H16N4O2/c1-9-3-5-10(6-4-9)19-8-7-11-12(14(19)20)13(16)18-15(17-11)21-2/h3-6H,7-8H2,1-2H3,(H2,16,17,18). The maximum Gasteiger partial charge on any atom is 0.318 e. The highest BCUT2D eigenvalue weighted by molar-refractivity contribution is 6.10. The van der Waals surface area contributed by atoms with E-state index in [9.17, 15) is 4.79 Å². The number of aryl methyl sites for hydroxylation is 1. The molecule has 3 rings (SSSR count). The number of fused-ring (bicyclic) bond motifs is 1. The molecule has 1 aromatic heterocycles. The Bertz CT molecular complexity index is 698. The Kier molecular flexibility index (Phi) is 3.21. The van der Waals surface area contributed by atoms with E-state index in [0.29, 0.717) is 24.2 Å². The molecule has 1 amide bonds. The summed E-state index contributed by atoms with van der Waals surface area (Å²) < 4.78 is 4.99. The zero-order chi connectivity index (χ0) is 15.0. The molecule has 0 unspecified atom stereocenters. The van der Waals surface area contributed by atoms with Crippen LogP contribution >= 0.6 is 0 Å². The largest absolute Gasteiger partial charge is 0.467 e. The second-order valence-corrected chi connectivity index (χ2v) is 4.96. The highest BCUT2D eigenvalue weighted by atomic mass is 16.5. The molecule has 0 aliphatic carbocycles. The van der Waals surface area contributed by atoms with Crippen LogP contribution in [0.4, 0.5) is 11.5 Å². The van der Waals surface area contributed by atoms with Crippen molar-refractivity contribution in [1.82, 2.24) is 9.97 Å². The number of carbonyl (C=O) groups is 1. The van der Waals surface area contributed by atoms with E-state index in [-0.39, 0.29) is 17.7 Å². The van der Waals surface area contributed by atoms with Crippen LogP contribution in [0, 0.1) is 6.92 Å². The Labute approximate surface area is 122 Å². The van der Waals surface area contributed by atoms with Crippen molar-refractivity contribution in [2.75, 3.05) is 24.3 Å². The number of nitrogen functional groups attached to an aromatic ring is 1. The minimum Gasteiger partial charge on any atom is -0.467 e. The number of methoxy groups -OCH3 is 1. The van der Waals surface area contributed by atoms with Crippen molar-refractivity contribution >= 4 is 17.4 Å². The van der Waals surface area contributed by atoms with Crippen molar-refractivity contribution < 1.29 is 9.53 Å². The highest BCUT2D eigenvalue weighted by Gasteiger charge is 2.30. The zero-order valence-corrected chi connectivity index (χ0v) is 12.0. The van der Waals surface area contributed by atoms with E-state index < -0.39 is 0 Å². The van der Waals surface area contributed by atoms with Gasteiger partial charge in [-0.05, 0) is 19.1 Å². The van der Waals surface area contributed by atoms with Gasteiger partial charge in [0.15, 0.2) is 0 Å². The number of rotatable bonds is 2. The van der Waals surface area contributed by atoms with Crippen LogP contribution in [0.5, 0.6) is 6.01 Å². The molecule has 108 valence electrons. The smallest absolute Gasteiger partial charge is 0.318 e. The third-order valence-electron chi connectivity index (χ3n) is 3.55. The van der Waals surface area contributed by atoms with Crippen molar-refractivity contribution in [3.8, 4) is 6.01 Å². The summed E-state index contributed by atoms with van der Waals surface area (Å²) in [5.41, 5.74) is 8.92. The molecule has 0 fully saturated rings. The number of nitrogens with zero attached hydrogens (tertiary/aromatic N) is 3. The molecule has 0 spiro atoms. The van der Waals surface area contributed by atoms with Gasteiger partial charge in [-0.25, -0.2) is 0 Å². The van der Waals surface area contributed by atoms with Crippen molar-refractivity contribution in [1.29, 1.82) is 0 Å². The molecule has 0 saturated carbocycles. The third-order valence-corrected chi connectivity index (χ3v) is 3.55. The first-order valence-corrected chi connectivity index (χ1v) is 6.69. The summed E-state index contributed by atoms with van der Waals surface area (Å²) in [7, 11) is 1.48. The molecule has 2 N–H and O–H groups in total. The van der Waals surface area contributed by atoms with Crippen LogP contribution in [0.15, 0.2) is 24.3 Å². The van der Waals surface area contributed by atoms with Gasteiger partial charge in [-0.2, -0.15) is 9.97 Å². The van der Waals surface area contributed by atoms with Gasteiger partial charge in [0.25, 0.3) is 5.91 Å². The van der Waals surface area contributed by atoms with Gasteiger partial charge in [-0.1, -0.05) is 17.7 Å². The number of hydrogen-bond donors (Lipinski definition) is 1. The molecule has 0 radical (unpaired) electrons. The first-order chi connectivity index (χ1) is 10.1. The quantitative estimate of drug-likeness (QED) is 0.905. The van der Waals surface area contributed by atoms with E-state index in [1.54, 1.807) is 4.90 Å². The summed E-state index contributed by atoms with van der Waals surface area (Å²) in [6.45, 7) is 2.57. The van der Waals surface area contributed by atoms with Crippen molar-refractivity contribution in [3.05, 3.63) is 41.1 Å². The third kappa shape index (κ3) is 2.29. The van der Waals surface area contributed by atoms with Gasteiger partial charge in [0.1, 0.15) is 11.4 Å². The van der Waals surface area contributed by atoms with Crippen LogP contribution < -0.4 is 15.4 Å². The molecule has 1 aromatic carbocycles. The fraction of sp³-hybridized carbons (Fsp3) is 0.267. The maximum atomic E-state index is 12.6. The van der Waals surface area contributed by atoms with E-state index in [4.69, 9.17) is 10.5 Å². The van der Waals surface area contributed by atoms with Crippen molar-refractivity contribution in [2.24, 2.45) is 0 Å². The fourth-order valence-electron chi connectivity index (χ4n) is 2.43. The molecule has 0 atom stereocenters. The predicted molar refractivity (Wildman–Crippen MR) is 79.6 cm³/mol. The SMILES string of the molecule is COc1nc(N)c2c(n1)CCN(c1ccc(C)cc1)C2=O. The minimum atomic E-state index is -0.166. The van der Waals surface area contributed by atoms with Crippen LogP contribution in [0.3, 0.4) is 0 Å². The summed E-state index contributed by atoms with van der Waals surface area (Å²) in [5.74, 6) is -0.00100. The Balaban J connectivity index is 2.01. The molecule has 6 heteroatoms. The van der Waals surface area contributed by atoms with Crippen LogP contribution in [-0.4, -0.2) is 29.5 Å². The number of aromatic nitrogens is 2. The number of ether oxygens (including phenoxy) is 1. The average Bonchev–Trinajstić information content (AvgIpc) is 2.48. The molecule has 2 heterocycles. The first kappa shape index (κ1) is 13.4. The Morgan fingerprint density at radius 1 is 1.24 bits per heavy atom. The topological polar surface area (TPSA) is 81.3 Å². The lowest BCUT2D eigenvalue weighted by molar-refractivity contribution is 0.0980. The van der Waals surface area contributed by atoms with E-state index in [0.717, 1.165) is 11.3 Å². The number of anilines is 2. The molecule has 21 heavy (non-hydrogen) atoms. The van der Waals surface area contributed by atoms with Gasteiger partial charge in [-0.15, -0.1) is 0 Å². The van der Waals surface area contributed by atoms with Gasteiger partial charge >= 0.3 is 6.01 Å². The Morgan fingerprint density at radius 2 is 1.95 bits per heavy atom. The summed E-state index contributed by atoms with van der Waals surface area (Å²) >= 11 is 0. The van der Waals surface area contributed by atoms with E-state index in [1.165, 1.54) is 7.11 Å². The lowest BCUT2D eigenvalue weighted by Gasteiger charge is -2.28. The summed E-state index contributed by atoms with van der Waals surface area (Å²) in [5, 5.41) is 0. The normalized spacial score (nSPS) is 14.0. The lowest BCUT2D eigenvalue weighted by Crippen LogP contribution is -2.39. The van der Waals surface area contributed by atoms with Crippen molar-refractivity contribution in [3.63, 3.8) is 0 Å². The van der Waals surface area contributed by atoms with Gasteiger partial charge in [0.05, 0.1) is 12.8 Å². The first-order valence-electron chi connectivity index (χ1n) is 6.69. The zero-order valence-electron chi connectivity index (χ0n) is 12.0. The summed E-state index contributed by atoms with van der Waals surface area (Å²) in [4.78, 5) is 22.6. The van der Waals surface area contributed by atoms with Gasteiger partial charge in [0.2, 0.25) is 0 Å². The lowest BCUT2D eigenvalue weighted by atomic mass is 10.0. The van der Waals surface area contributed by atoms with Crippen LogP contribution in [0.2, 0.25) is 0 Å². The minimum absolute atomic E-state index is 0.165. The number of carbonyl (C=O) groups excluding carboxylic acids is 1. The molecule has 1 aliphatic heterocycles. The number of nitrogens with two attached hydrogens (primary N) is 1. The fourth-order valence-corrected chi connectivity index (χ4v) is 2.43. The molecule has 0 saturated heterocycles. The monoisotopic (exact) mass is 284 g/mol. The maximum absolute atomic E-state index is 12.6. The van der Waals surface area contributed by atoms with E-state index in [2.05, 4.69) is 9.97 Å². The predicted octanol–water partition coefficient (Wildman–Crippen LogP) is 1.58. The van der Waals surface area contributed by atoms with E-state index >= 15 is 0 Å². The summed E-state index contributed by atoms with van der Waals surface area (Å²) in [6.07, 6.45) is 0.623. The number of amides is 1. The molecular formula is C15H16N4O2.